The minimum atomic E-state index is 0.263. The molecule has 0 bridgehead atoms. The molecule has 0 aromatic carbocycles. The summed E-state index contributed by atoms with van der Waals surface area (Å²) >= 11 is 0. The first kappa shape index (κ1) is 10.6. The van der Waals surface area contributed by atoms with Gasteiger partial charge in [0.1, 0.15) is 0 Å². The van der Waals surface area contributed by atoms with E-state index in [1.165, 1.54) is 12.8 Å². The molecule has 0 spiro atoms. The van der Waals surface area contributed by atoms with Gasteiger partial charge >= 0.3 is 0 Å². The van der Waals surface area contributed by atoms with Crippen LogP contribution in [0.4, 0.5) is 0 Å². The fourth-order valence-electron chi connectivity index (χ4n) is 1.63. The Morgan fingerprint density at radius 1 is 1.53 bits per heavy atom. The summed E-state index contributed by atoms with van der Waals surface area (Å²) in [6, 6.07) is 0.263. The average molecular weight is 209 g/mol. The number of aromatic nitrogens is 2. The first-order chi connectivity index (χ1) is 7.24. The van der Waals surface area contributed by atoms with Crippen LogP contribution in [0.25, 0.3) is 0 Å². The van der Waals surface area contributed by atoms with Gasteiger partial charge in [-0.15, -0.1) is 0 Å². The zero-order valence-corrected chi connectivity index (χ0v) is 9.28. The molecule has 1 saturated carbocycles. The molecule has 0 radical (unpaired) electrons. The molecule has 1 unspecified atom stereocenters. The second kappa shape index (κ2) is 4.75. The van der Waals surface area contributed by atoms with Crippen molar-refractivity contribution in [3.05, 3.63) is 11.7 Å². The van der Waals surface area contributed by atoms with Crippen molar-refractivity contribution in [2.24, 2.45) is 11.7 Å². The first-order valence-corrected chi connectivity index (χ1v) is 5.81. The molecule has 4 nitrogen and oxygen atoms in total. The van der Waals surface area contributed by atoms with Gasteiger partial charge in [0.2, 0.25) is 5.89 Å². The third-order valence-electron chi connectivity index (χ3n) is 2.73. The number of hydrogen-bond donors (Lipinski definition) is 1. The van der Waals surface area contributed by atoms with Crippen LogP contribution >= 0.6 is 0 Å². The van der Waals surface area contributed by atoms with Gasteiger partial charge in [-0.3, -0.25) is 0 Å². The van der Waals surface area contributed by atoms with E-state index in [9.17, 15) is 0 Å². The van der Waals surface area contributed by atoms with Gasteiger partial charge in [-0.1, -0.05) is 5.16 Å². The highest BCUT2D eigenvalue weighted by Crippen LogP contribution is 2.31. The second-order valence-electron chi connectivity index (χ2n) is 4.62. The van der Waals surface area contributed by atoms with E-state index in [-0.39, 0.29) is 6.04 Å². The van der Waals surface area contributed by atoms with Crippen LogP contribution in [-0.4, -0.2) is 16.2 Å². The fourth-order valence-corrected chi connectivity index (χ4v) is 1.63. The summed E-state index contributed by atoms with van der Waals surface area (Å²) in [5, 5.41) is 3.98. The lowest BCUT2D eigenvalue weighted by molar-refractivity contribution is 0.367. The highest BCUT2D eigenvalue weighted by atomic mass is 16.5. The maximum absolute atomic E-state index is 5.67. The molecule has 1 aliphatic rings. The van der Waals surface area contributed by atoms with Crippen molar-refractivity contribution in [3.8, 4) is 0 Å². The predicted octanol–water partition coefficient (Wildman–Crippen LogP) is 1.69. The summed E-state index contributed by atoms with van der Waals surface area (Å²) in [6.07, 6.45) is 6.56. The van der Waals surface area contributed by atoms with E-state index < -0.39 is 0 Å². The van der Waals surface area contributed by atoms with Crippen molar-refractivity contribution in [1.82, 2.24) is 10.1 Å². The topological polar surface area (TPSA) is 64.9 Å². The van der Waals surface area contributed by atoms with Gasteiger partial charge in [-0.25, -0.2) is 0 Å². The molecule has 1 aliphatic carbocycles. The molecule has 1 heterocycles. The molecule has 15 heavy (non-hydrogen) atoms. The average Bonchev–Trinajstić information content (AvgIpc) is 2.86. The van der Waals surface area contributed by atoms with Gasteiger partial charge < -0.3 is 10.3 Å². The highest BCUT2D eigenvalue weighted by molar-refractivity contribution is 4.92. The number of nitrogens with zero attached hydrogens (tertiary/aromatic N) is 2. The van der Waals surface area contributed by atoms with Crippen LogP contribution in [0.2, 0.25) is 0 Å². The van der Waals surface area contributed by atoms with Crippen LogP contribution in [0, 0.1) is 5.92 Å². The third-order valence-corrected chi connectivity index (χ3v) is 2.73. The summed E-state index contributed by atoms with van der Waals surface area (Å²) in [6.45, 7) is 2.02. The largest absolute Gasteiger partial charge is 0.339 e. The molecule has 0 saturated heterocycles. The van der Waals surface area contributed by atoms with E-state index in [0.717, 1.165) is 43.3 Å². The third kappa shape index (κ3) is 3.63. The Balaban J connectivity index is 1.73. The summed E-state index contributed by atoms with van der Waals surface area (Å²) in [4.78, 5) is 4.37. The van der Waals surface area contributed by atoms with Crippen LogP contribution in [0.15, 0.2) is 4.52 Å². The summed E-state index contributed by atoms with van der Waals surface area (Å²) in [5.41, 5.74) is 5.67. The lowest BCUT2D eigenvalue weighted by Crippen LogP contribution is -2.14. The Hall–Kier alpha value is -0.900. The molecule has 1 fully saturated rings. The van der Waals surface area contributed by atoms with Crippen molar-refractivity contribution < 1.29 is 4.52 Å². The van der Waals surface area contributed by atoms with Gasteiger partial charge in [0.05, 0.1) is 0 Å². The standard InChI is InChI=1S/C11H19N3O/c1-8(12)3-2-4-11-13-10(14-15-11)7-9-5-6-9/h8-9H,2-7,12H2,1H3. The highest BCUT2D eigenvalue weighted by Gasteiger charge is 2.23. The van der Waals surface area contributed by atoms with Crippen molar-refractivity contribution >= 4 is 0 Å². The molecule has 2 N–H and O–H groups in total. The van der Waals surface area contributed by atoms with E-state index in [1.807, 2.05) is 6.92 Å². The Kier molecular flexibility index (Phi) is 3.36. The monoisotopic (exact) mass is 209 g/mol. The van der Waals surface area contributed by atoms with E-state index in [1.54, 1.807) is 0 Å². The molecule has 84 valence electrons. The molecule has 2 rings (SSSR count). The second-order valence-corrected chi connectivity index (χ2v) is 4.62. The van der Waals surface area contributed by atoms with Crippen LogP contribution in [0.3, 0.4) is 0 Å². The van der Waals surface area contributed by atoms with E-state index in [2.05, 4.69) is 10.1 Å². The number of nitrogens with two attached hydrogens (primary N) is 1. The van der Waals surface area contributed by atoms with Gasteiger partial charge in [0.25, 0.3) is 0 Å². The van der Waals surface area contributed by atoms with Crippen molar-refractivity contribution in [1.29, 1.82) is 0 Å². The molecule has 4 heteroatoms. The molecule has 0 amide bonds. The molecule has 0 aliphatic heterocycles. The van der Waals surface area contributed by atoms with Crippen LogP contribution < -0.4 is 5.73 Å². The van der Waals surface area contributed by atoms with E-state index in [4.69, 9.17) is 10.3 Å². The van der Waals surface area contributed by atoms with Crippen molar-refractivity contribution in [2.45, 2.75) is 51.5 Å². The smallest absolute Gasteiger partial charge is 0.226 e. The predicted molar refractivity (Wildman–Crippen MR) is 57.3 cm³/mol. The maximum Gasteiger partial charge on any atom is 0.226 e. The van der Waals surface area contributed by atoms with Crippen LogP contribution in [0.5, 0.6) is 0 Å². The minimum absolute atomic E-state index is 0.263. The zero-order valence-electron chi connectivity index (χ0n) is 9.28. The van der Waals surface area contributed by atoms with Gasteiger partial charge in [0, 0.05) is 18.9 Å². The summed E-state index contributed by atoms with van der Waals surface area (Å²) in [5.74, 6) is 2.47. The van der Waals surface area contributed by atoms with Crippen LogP contribution in [-0.2, 0) is 12.8 Å². The molecule has 1 atom stereocenters. The zero-order chi connectivity index (χ0) is 10.7. The van der Waals surface area contributed by atoms with Crippen molar-refractivity contribution in [2.75, 3.05) is 0 Å². The molecular formula is C11H19N3O. The van der Waals surface area contributed by atoms with Gasteiger partial charge in [-0.2, -0.15) is 4.98 Å². The Morgan fingerprint density at radius 3 is 3.00 bits per heavy atom. The minimum Gasteiger partial charge on any atom is -0.339 e. The lowest BCUT2D eigenvalue weighted by Gasteiger charge is -2.00. The quantitative estimate of drug-likeness (QED) is 0.774. The normalized spacial score (nSPS) is 18.0. The number of aryl methyl sites for hydroxylation is 1. The van der Waals surface area contributed by atoms with E-state index >= 15 is 0 Å². The molecular weight excluding hydrogens is 190 g/mol. The Labute approximate surface area is 90.2 Å². The van der Waals surface area contributed by atoms with E-state index in [0.29, 0.717) is 0 Å². The first-order valence-electron chi connectivity index (χ1n) is 5.81. The Morgan fingerprint density at radius 2 is 2.33 bits per heavy atom. The summed E-state index contributed by atoms with van der Waals surface area (Å²) < 4.78 is 5.17. The van der Waals surface area contributed by atoms with Gasteiger partial charge in [-0.05, 0) is 38.5 Å². The summed E-state index contributed by atoms with van der Waals surface area (Å²) in [7, 11) is 0. The van der Waals surface area contributed by atoms with Crippen molar-refractivity contribution in [3.63, 3.8) is 0 Å². The fraction of sp³-hybridized carbons (Fsp3) is 0.818. The lowest BCUT2D eigenvalue weighted by atomic mass is 10.1. The Bertz CT molecular complexity index is 305. The number of rotatable bonds is 6. The molecule has 1 aromatic heterocycles. The molecule has 1 aromatic rings. The number of hydrogen-bond acceptors (Lipinski definition) is 4. The van der Waals surface area contributed by atoms with Crippen LogP contribution in [0.1, 0.15) is 44.3 Å². The maximum atomic E-state index is 5.67. The van der Waals surface area contributed by atoms with Gasteiger partial charge in [0.15, 0.2) is 5.82 Å². The SMILES string of the molecule is CC(N)CCCc1nc(CC2CC2)no1.